The van der Waals surface area contributed by atoms with Gasteiger partial charge in [-0.05, 0) is 36.2 Å². The third-order valence-corrected chi connectivity index (χ3v) is 4.93. The van der Waals surface area contributed by atoms with E-state index in [0.29, 0.717) is 6.54 Å². The molecule has 1 aromatic carbocycles. The Labute approximate surface area is 172 Å². The lowest BCUT2D eigenvalue weighted by Crippen LogP contribution is -2.40. The summed E-state index contributed by atoms with van der Waals surface area (Å²) in [6.07, 6.45) is 3.49. The molecule has 1 saturated heterocycles. The summed E-state index contributed by atoms with van der Waals surface area (Å²) in [5.74, 6) is 1.58. The van der Waals surface area contributed by atoms with Gasteiger partial charge in [0.05, 0.1) is 19.5 Å². The third-order valence-electron chi connectivity index (χ3n) is 4.93. The molecule has 1 N–H and O–H groups in total. The van der Waals surface area contributed by atoms with Gasteiger partial charge >= 0.3 is 0 Å². The number of nitrogens with one attached hydrogen (secondary N) is 1. The average Bonchev–Trinajstić information content (AvgIpc) is 3.25. The molecule has 7 heteroatoms. The molecule has 1 aliphatic heterocycles. The molecule has 0 saturated carbocycles. The number of morpholine rings is 1. The molecule has 2 heterocycles. The lowest BCUT2D eigenvalue weighted by Gasteiger charge is -2.26. The fourth-order valence-corrected chi connectivity index (χ4v) is 3.31. The van der Waals surface area contributed by atoms with E-state index >= 15 is 0 Å². The first kappa shape index (κ1) is 21.3. The van der Waals surface area contributed by atoms with Crippen LogP contribution >= 0.6 is 0 Å². The van der Waals surface area contributed by atoms with Crippen LogP contribution in [0.1, 0.15) is 17.7 Å². The van der Waals surface area contributed by atoms with Gasteiger partial charge in [0, 0.05) is 52.7 Å². The highest BCUT2D eigenvalue weighted by atomic mass is 19.1. The lowest BCUT2D eigenvalue weighted by atomic mass is 10.2. The van der Waals surface area contributed by atoms with Gasteiger partial charge in [0.15, 0.2) is 5.96 Å². The molecule has 2 aromatic rings. The minimum atomic E-state index is -0.218. The maximum atomic E-state index is 13.2. The second-order valence-corrected chi connectivity index (χ2v) is 7.25. The molecule has 0 amide bonds. The van der Waals surface area contributed by atoms with Crippen LogP contribution in [0.5, 0.6) is 0 Å². The molecule has 29 heavy (non-hydrogen) atoms. The van der Waals surface area contributed by atoms with Crippen LogP contribution < -0.4 is 5.32 Å². The number of ether oxygens (including phenoxy) is 1. The van der Waals surface area contributed by atoms with Crippen LogP contribution in [-0.4, -0.2) is 68.7 Å². The van der Waals surface area contributed by atoms with Crippen LogP contribution in [0.4, 0.5) is 4.39 Å². The number of aliphatic imine (C=N–C) groups is 1. The van der Waals surface area contributed by atoms with Gasteiger partial charge in [-0.3, -0.25) is 9.89 Å². The van der Waals surface area contributed by atoms with Gasteiger partial charge in [-0.2, -0.15) is 0 Å². The number of hydrogen-bond donors (Lipinski definition) is 1. The van der Waals surface area contributed by atoms with Crippen LogP contribution in [0.2, 0.25) is 0 Å². The Balaban J connectivity index is 1.52. The van der Waals surface area contributed by atoms with Crippen molar-refractivity contribution in [1.82, 2.24) is 15.1 Å². The van der Waals surface area contributed by atoms with Gasteiger partial charge in [-0.15, -0.1) is 0 Å². The van der Waals surface area contributed by atoms with Crippen molar-refractivity contribution in [2.45, 2.75) is 19.4 Å². The van der Waals surface area contributed by atoms with E-state index < -0.39 is 0 Å². The summed E-state index contributed by atoms with van der Waals surface area (Å²) < 4.78 is 24.0. The van der Waals surface area contributed by atoms with Crippen molar-refractivity contribution in [3.05, 3.63) is 59.8 Å². The second-order valence-electron chi connectivity index (χ2n) is 7.25. The Bertz CT molecular complexity index is 728. The zero-order valence-corrected chi connectivity index (χ0v) is 17.1. The minimum Gasteiger partial charge on any atom is -0.469 e. The van der Waals surface area contributed by atoms with E-state index in [1.807, 2.05) is 31.3 Å². The van der Waals surface area contributed by atoms with E-state index in [1.54, 1.807) is 6.26 Å². The average molecular weight is 403 g/mol. The maximum absolute atomic E-state index is 13.2. The molecule has 3 rings (SSSR count). The fraction of sp³-hybridized carbons (Fsp3) is 0.500. The largest absolute Gasteiger partial charge is 0.469 e. The summed E-state index contributed by atoms with van der Waals surface area (Å²) in [4.78, 5) is 9.30. The molecule has 158 valence electrons. The lowest BCUT2D eigenvalue weighted by molar-refractivity contribution is 0.0377. The predicted octanol–water partition coefficient (Wildman–Crippen LogP) is 2.76. The number of nitrogens with zero attached hydrogens (tertiary/aromatic N) is 3. The first-order valence-electron chi connectivity index (χ1n) is 10.3. The van der Waals surface area contributed by atoms with Gasteiger partial charge in [0.2, 0.25) is 0 Å². The van der Waals surface area contributed by atoms with Crippen LogP contribution in [0.25, 0.3) is 0 Å². The quantitative estimate of drug-likeness (QED) is 0.397. The second kappa shape index (κ2) is 11.6. The van der Waals surface area contributed by atoms with Gasteiger partial charge in [-0.25, -0.2) is 4.39 Å². The van der Waals surface area contributed by atoms with Crippen LogP contribution in [0.15, 0.2) is 52.1 Å². The zero-order valence-electron chi connectivity index (χ0n) is 17.1. The highest BCUT2D eigenvalue weighted by molar-refractivity contribution is 5.79. The highest BCUT2D eigenvalue weighted by Crippen LogP contribution is 2.07. The molecule has 0 spiro atoms. The molecule has 0 bridgehead atoms. The van der Waals surface area contributed by atoms with Crippen molar-refractivity contribution in [2.75, 3.05) is 53.0 Å². The monoisotopic (exact) mass is 402 g/mol. The molecule has 0 radical (unpaired) electrons. The first-order valence-corrected chi connectivity index (χ1v) is 10.3. The summed E-state index contributed by atoms with van der Waals surface area (Å²) in [7, 11) is 2.00. The van der Waals surface area contributed by atoms with E-state index in [1.165, 1.54) is 12.1 Å². The van der Waals surface area contributed by atoms with Crippen molar-refractivity contribution < 1.29 is 13.5 Å². The van der Waals surface area contributed by atoms with Crippen LogP contribution in [0, 0.1) is 5.82 Å². The molecule has 0 atom stereocenters. The Morgan fingerprint density at radius 2 is 2.00 bits per heavy atom. The molecule has 6 nitrogen and oxygen atoms in total. The Hall–Kier alpha value is -2.38. The summed E-state index contributed by atoms with van der Waals surface area (Å²) in [5.41, 5.74) is 1.04. The van der Waals surface area contributed by atoms with Crippen LogP contribution in [0.3, 0.4) is 0 Å². The Morgan fingerprint density at radius 3 is 2.72 bits per heavy atom. The SMILES string of the molecule is CN(Cc1ccc(F)cc1)C(=NCCCN1CCOCC1)NCCc1ccco1. The fourth-order valence-electron chi connectivity index (χ4n) is 3.31. The number of furan rings is 1. The molecule has 1 aromatic heterocycles. The smallest absolute Gasteiger partial charge is 0.193 e. The van der Waals surface area contributed by atoms with Crippen LogP contribution in [-0.2, 0) is 17.7 Å². The molecule has 1 fully saturated rings. The normalized spacial score (nSPS) is 15.4. The van der Waals surface area contributed by atoms with Crippen molar-refractivity contribution in [2.24, 2.45) is 4.99 Å². The molecular weight excluding hydrogens is 371 g/mol. The molecule has 0 aliphatic carbocycles. The van der Waals surface area contributed by atoms with Crippen molar-refractivity contribution in [1.29, 1.82) is 0 Å². The third kappa shape index (κ3) is 7.51. The molecular formula is C22H31FN4O2. The number of guanidine groups is 1. The maximum Gasteiger partial charge on any atom is 0.193 e. The summed E-state index contributed by atoms with van der Waals surface area (Å²) >= 11 is 0. The highest BCUT2D eigenvalue weighted by Gasteiger charge is 2.10. The molecule has 1 aliphatic rings. The van der Waals surface area contributed by atoms with Gasteiger partial charge in [-0.1, -0.05) is 12.1 Å². The topological polar surface area (TPSA) is 53.2 Å². The van der Waals surface area contributed by atoms with Crippen molar-refractivity contribution >= 4 is 5.96 Å². The van der Waals surface area contributed by atoms with Gasteiger partial charge in [0.25, 0.3) is 0 Å². The number of hydrogen-bond acceptors (Lipinski definition) is 4. The number of benzene rings is 1. The standard InChI is InChI=1S/C22H31FN4O2/c1-26(18-19-5-7-20(23)8-6-19)22(25-11-9-21-4-2-15-29-21)24-10-3-12-27-13-16-28-17-14-27/h2,4-8,15H,3,9-14,16-18H2,1H3,(H,24,25). The van der Waals surface area contributed by atoms with Crippen molar-refractivity contribution in [3.63, 3.8) is 0 Å². The summed E-state index contributed by atoms with van der Waals surface area (Å²) in [6.45, 7) is 6.85. The van der Waals surface area contributed by atoms with E-state index in [-0.39, 0.29) is 5.82 Å². The number of rotatable bonds is 9. The number of halogens is 1. The Kier molecular flexibility index (Phi) is 8.52. The van der Waals surface area contributed by atoms with Gasteiger partial charge in [0.1, 0.15) is 11.6 Å². The van der Waals surface area contributed by atoms with E-state index in [0.717, 1.165) is 76.1 Å². The van der Waals surface area contributed by atoms with E-state index in [2.05, 4.69) is 15.1 Å². The minimum absolute atomic E-state index is 0.218. The van der Waals surface area contributed by atoms with Crippen molar-refractivity contribution in [3.8, 4) is 0 Å². The molecule has 0 unspecified atom stereocenters. The zero-order chi connectivity index (χ0) is 20.3. The summed E-state index contributed by atoms with van der Waals surface area (Å²) in [6, 6.07) is 10.5. The van der Waals surface area contributed by atoms with E-state index in [4.69, 9.17) is 14.1 Å². The summed E-state index contributed by atoms with van der Waals surface area (Å²) in [5, 5.41) is 3.44. The van der Waals surface area contributed by atoms with E-state index in [9.17, 15) is 4.39 Å². The first-order chi connectivity index (χ1) is 14.2. The predicted molar refractivity (Wildman–Crippen MR) is 112 cm³/mol. The Morgan fingerprint density at radius 1 is 1.21 bits per heavy atom. The van der Waals surface area contributed by atoms with Gasteiger partial charge < -0.3 is 19.4 Å².